The molecule has 6 heteroatoms. The van der Waals surface area contributed by atoms with E-state index in [-0.39, 0.29) is 18.0 Å². The first kappa shape index (κ1) is 14.8. The highest BCUT2D eigenvalue weighted by Gasteiger charge is 2.46. The minimum Gasteiger partial charge on any atom is -0.387 e. The number of benzene rings is 1. The molecular formula is C13H18ClNO3S. The largest absolute Gasteiger partial charge is 0.387 e. The molecule has 0 aliphatic carbocycles. The number of aryl methyl sites for hydroxylation is 1. The van der Waals surface area contributed by atoms with Gasteiger partial charge >= 0.3 is 0 Å². The summed E-state index contributed by atoms with van der Waals surface area (Å²) >= 11 is 5.83. The number of hydrogen-bond acceptors (Lipinski definition) is 3. The van der Waals surface area contributed by atoms with E-state index in [2.05, 4.69) is 0 Å². The van der Waals surface area contributed by atoms with Gasteiger partial charge in [0.05, 0.1) is 10.5 Å². The second kappa shape index (κ2) is 5.05. The lowest BCUT2D eigenvalue weighted by Gasteiger charge is -2.45. The van der Waals surface area contributed by atoms with Crippen LogP contribution in [0.5, 0.6) is 0 Å². The summed E-state index contributed by atoms with van der Waals surface area (Å²) in [6.45, 7) is 4.03. The van der Waals surface area contributed by atoms with Gasteiger partial charge in [-0.1, -0.05) is 24.9 Å². The molecule has 1 fully saturated rings. The van der Waals surface area contributed by atoms with Crippen molar-refractivity contribution < 1.29 is 13.5 Å². The molecule has 0 unspecified atom stereocenters. The van der Waals surface area contributed by atoms with Gasteiger partial charge in [-0.2, -0.15) is 4.31 Å². The van der Waals surface area contributed by atoms with Crippen LogP contribution < -0.4 is 0 Å². The average Bonchev–Trinajstić information content (AvgIpc) is 2.25. The molecule has 0 aromatic heterocycles. The number of sulfonamides is 1. The summed E-state index contributed by atoms with van der Waals surface area (Å²) in [6.07, 6.45) is 1.46. The highest BCUT2D eigenvalue weighted by Crippen LogP contribution is 2.32. The number of nitrogens with zero attached hydrogens (tertiary/aromatic N) is 1. The van der Waals surface area contributed by atoms with Crippen molar-refractivity contribution in [2.45, 2.75) is 37.2 Å². The number of β-amino-alcohol motifs (C(OH)–C–C–N with tert-alkyl or cyclic N) is 1. The van der Waals surface area contributed by atoms with E-state index >= 15 is 0 Å². The lowest BCUT2D eigenvalue weighted by molar-refractivity contribution is -0.0653. The van der Waals surface area contributed by atoms with Gasteiger partial charge in [0.25, 0.3) is 0 Å². The zero-order valence-corrected chi connectivity index (χ0v) is 12.6. The van der Waals surface area contributed by atoms with Crippen LogP contribution in [0.2, 0.25) is 5.02 Å². The Morgan fingerprint density at radius 3 is 2.58 bits per heavy atom. The molecule has 0 spiro atoms. The zero-order valence-electron chi connectivity index (χ0n) is 11.1. The number of rotatable bonds is 4. The van der Waals surface area contributed by atoms with Gasteiger partial charge in [-0.3, -0.25) is 0 Å². The second-order valence-electron chi connectivity index (χ2n) is 5.16. The van der Waals surface area contributed by atoms with E-state index in [1.165, 1.54) is 10.4 Å². The molecular weight excluding hydrogens is 286 g/mol. The Balaban J connectivity index is 2.21. The van der Waals surface area contributed by atoms with Crippen molar-refractivity contribution in [3.8, 4) is 0 Å². The van der Waals surface area contributed by atoms with Crippen LogP contribution in [0.25, 0.3) is 0 Å². The predicted molar refractivity (Wildman–Crippen MR) is 74.8 cm³/mol. The van der Waals surface area contributed by atoms with Crippen molar-refractivity contribution in [3.05, 3.63) is 28.8 Å². The number of halogens is 1. The summed E-state index contributed by atoms with van der Waals surface area (Å²) in [7, 11) is -3.52. The lowest BCUT2D eigenvalue weighted by Crippen LogP contribution is -2.63. The van der Waals surface area contributed by atoms with E-state index in [1.807, 2.05) is 6.92 Å². The van der Waals surface area contributed by atoms with Gasteiger partial charge in [-0.25, -0.2) is 8.42 Å². The Hall–Kier alpha value is -0.620. The molecule has 1 saturated heterocycles. The third-order valence-corrected chi connectivity index (χ3v) is 5.60. The van der Waals surface area contributed by atoms with Gasteiger partial charge in [-0.15, -0.1) is 0 Å². The van der Waals surface area contributed by atoms with E-state index < -0.39 is 15.6 Å². The first-order chi connectivity index (χ1) is 8.78. The standard InChI is InChI=1S/C13H18ClNO3S/c1-3-6-13(16)8-15(9-13)19(17,18)12-5-4-11(14)7-10(12)2/h4-5,7,16H,3,6,8-9H2,1-2H3. The van der Waals surface area contributed by atoms with Crippen molar-refractivity contribution >= 4 is 21.6 Å². The molecule has 0 atom stereocenters. The van der Waals surface area contributed by atoms with E-state index in [9.17, 15) is 13.5 Å². The van der Waals surface area contributed by atoms with Crippen LogP contribution in [-0.2, 0) is 10.0 Å². The summed E-state index contributed by atoms with van der Waals surface area (Å²) in [5, 5.41) is 10.6. The Morgan fingerprint density at radius 1 is 1.42 bits per heavy atom. The third-order valence-electron chi connectivity index (χ3n) is 3.41. The van der Waals surface area contributed by atoms with Crippen molar-refractivity contribution in [1.29, 1.82) is 0 Å². The summed E-state index contributed by atoms with van der Waals surface area (Å²) in [5.41, 5.74) is -0.235. The SMILES string of the molecule is CCCC1(O)CN(S(=O)(=O)c2ccc(Cl)cc2C)C1. The van der Waals surface area contributed by atoms with E-state index in [0.29, 0.717) is 17.0 Å². The third kappa shape index (κ3) is 2.79. The van der Waals surface area contributed by atoms with E-state index in [0.717, 1.165) is 6.42 Å². The smallest absolute Gasteiger partial charge is 0.243 e. The van der Waals surface area contributed by atoms with Crippen LogP contribution in [0.15, 0.2) is 23.1 Å². The molecule has 0 amide bonds. The van der Waals surface area contributed by atoms with Crippen LogP contribution in [0, 0.1) is 6.92 Å². The monoisotopic (exact) mass is 303 g/mol. The molecule has 1 aliphatic rings. The molecule has 4 nitrogen and oxygen atoms in total. The summed E-state index contributed by atoms with van der Waals surface area (Å²) in [5.74, 6) is 0. The molecule has 19 heavy (non-hydrogen) atoms. The Labute approximate surface area is 119 Å². The molecule has 1 aromatic rings. The normalized spacial score (nSPS) is 19.2. The second-order valence-corrected chi connectivity index (χ2v) is 7.50. The molecule has 2 rings (SSSR count). The fourth-order valence-corrected chi connectivity index (χ4v) is 4.48. The molecule has 1 aliphatic heterocycles. The Morgan fingerprint density at radius 2 is 2.05 bits per heavy atom. The average molecular weight is 304 g/mol. The van der Waals surface area contributed by atoms with Crippen LogP contribution in [0.1, 0.15) is 25.3 Å². The first-order valence-electron chi connectivity index (χ1n) is 6.27. The summed E-state index contributed by atoms with van der Waals surface area (Å²) in [4.78, 5) is 0.260. The number of hydrogen-bond donors (Lipinski definition) is 1. The summed E-state index contributed by atoms with van der Waals surface area (Å²) in [6, 6.07) is 4.72. The fraction of sp³-hybridized carbons (Fsp3) is 0.538. The van der Waals surface area contributed by atoms with Gasteiger partial charge in [-0.05, 0) is 37.1 Å². The topological polar surface area (TPSA) is 57.6 Å². The molecule has 106 valence electrons. The minimum atomic E-state index is -3.52. The molecule has 0 saturated carbocycles. The Kier molecular flexibility index (Phi) is 3.93. The van der Waals surface area contributed by atoms with Gasteiger partial charge in [0.15, 0.2) is 0 Å². The molecule has 0 bridgehead atoms. The zero-order chi connectivity index (χ0) is 14.3. The first-order valence-corrected chi connectivity index (χ1v) is 8.09. The van der Waals surface area contributed by atoms with Gasteiger partial charge in [0.1, 0.15) is 0 Å². The van der Waals surface area contributed by atoms with Crippen LogP contribution in [0.3, 0.4) is 0 Å². The maximum atomic E-state index is 12.4. The van der Waals surface area contributed by atoms with Crippen molar-refractivity contribution in [2.24, 2.45) is 0 Å². The van der Waals surface area contributed by atoms with Crippen LogP contribution in [0.4, 0.5) is 0 Å². The Bertz CT molecular complexity index is 580. The molecule has 1 N–H and O–H groups in total. The van der Waals surface area contributed by atoms with Crippen LogP contribution in [-0.4, -0.2) is 36.5 Å². The quantitative estimate of drug-likeness (QED) is 0.927. The highest BCUT2D eigenvalue weighted by atomic mass is 35.5. The lowest BCUT2D eigenvalue weighted by atomic mass is 9.92. The maximum absolute atomic E-state index is 12.4. The maximum Gasteiger partial charge on any atom is 0.243 e. The van der Waals surface area contributed by atoms with Crippen molar-refractivity contribution in [2.75, 3.05) is 13.1 Å². The van der Waals surface area contributed by atoms with Crippen molar-refractivity contribution in [1.82, 2.24) is 4.31 Å². The minimum absolute atomic E-state index is 0.172. The number of aliphatic hydroxyl groups is 1. The predicted octanol–water partition coefficient (Wildman–Crippen LogP) is 2.18. The van der Waals surface area contributed by atoms with E-state index in [4.69, 9.17) is 11.6 Å². The van der Waals surface area contributed by atoms with Crippen LogP contribution >= 0.6 is 11.6 Å². The summed E-state index contributed by atoms with van der Waals surface area (Å²) < 4.78 is 26.1. The van der Waals surface area contributed by atoms with Gasteiger partial charge in [0.2, 0.25) is 10.0 Å². The van der Waals surface area contributed by atoms with E-state index in [1.54, 1.807) is 19.1 Å². The van der Waals surface area contributed by atoms with Gasteiger partial charge < -0.3 is 5.11 Å². The molecule has 1 aromatic carbocycles. The molecule has 1 heterocycles. The molecule has 0 radical (unpaired) electrons. The van der Waals surface area contributed by atoms with Crippen molar-refractivity contribution in [3.63, 3.8) is 0 Å². The fourth-order valence-electron chi connectivity index (χ4n) is 2.44. The highest BCUT2D eigenvalue weighted by molar-refractivity contribution is 7.89. The van der Waals surface area contributed by atoms with Gasteiger partial charge in [0, 0.05) is 18.1 Å².